The van der Waals surface area contributed by atoms with Crippen molar-refractivity contribution >= 4 is 27.8 Å². The van der Waals surface area contributed by atoms with Crippen LogP contribution in [0.2, 0.25) is 0 Å². The van der Waals surface area contributed by atoms with Crippen molar-refractivity contribution in [2.75, 3.05) is 0 Å². The third-order valence-electron chi connectivity index (χ3n) is 3.53. The highest BCUT2D eigenvalue weighted by atomic mass is 79.9. The van der Waals surface area contributed by atoms with Gasteiger partial charge in [0.2, 0.25) is 0 Å². The fourth-order valence-corrected chi connectivity index (χ4v) is 2.96. The number of carboxylic acids is 1. The van der Waals surface area contributed by atoms with E-state index in [2.05, 4.69) is 21.2 Å². The van der Waals surface area contributed by atoms with E-state index in [1.165, 1.54) is 12.1 Å². The van der Waals surface area contributed by atoms with Crippen LogP contribution in [0.25, 0.3) is 0 Å². The van der Waals surface area contributed by atoms with Gasteiger partial charge in [0.25, 0.3) is 5.91 Å². The molecule has 1 amide bonds. The quantitative estimate of drug-likeness (QED) is 0.896. The summed E-state index contributed by atoms with van der Waals surface area (Å²) < 4.78 is 0.592. The third kappa shape index (κ3) is 3.35. The lowest BCUT2D eigenvalue weighted by Gasteiger charge is -2.25. The van der Waals surface area contributed by atoms with E-state index in [0.717, 1.165) is 25.7 Å². The fraction of sp³-hybridized carbons (Fsp3) is 0.429. The minimum atomic E-state index is -1.04. The Morgan fingerprint density at radius 3 is 2.37 bits per heavy atom. The minimum Gasteiger partial charge on any atom is -0.478 e. The van der Waals surface area contributed by atoms with Crippen LogP contribution in [-0.4, -0.2) is 22.5 Å². The van der Waals surface area contributed by atoms with Crippen molar-refractivity contribution in [2.24, 2.45) is 0 Å². The van der Waals surface area contributed by atoms with Crippen molar-refractivity contribution < 1.29 is 14.7 Å². The molecule has 0 radical (unpaired) electrons. The van der Waals surface area contributed by atoms with Gasteiger partial charge in [0.15, 0.2) is 0 Å². The van der Waals surface area contributed by atoms with Crippen LogP contribution in [0.3, 0.4) is 0 Å². The predicted octanol–water partition coefficient (Wildman–Crippen LogP) is 3.21. The number of carbonyl (C=O) groups is 2. The topological polar surface area (TPSA) is 66.4 Å². The van der Waals surface area contributed by atoms with Gasteiger partial charge < -0.3 is 10.4 Å². The molecule has 0 atom stereocenters. The van der Waals surface area contributed by atoms with Crippen LogP contribution in [0.5, 0.6) is 0 Å². The molecule has 0 unspecified atom stereocenters. The number of carboxylic acid groups (broad SMARTS) is 1. The summed E-state index contributed by atoms with van der Waals surface area (Å²) in [7, 11) is 0. The Morgan fingerprint density at radius 2 is 1.79 bits per heavy atom. The summed E-state index contributed by atoms with van der Waals surface area (Å²) in [6.45, 7) is 2.04. The highest BCUT2D eigenvalue weighted by Gasteiger charge is 2.30. The number of amides is 1. The van der Waals surface area contributed by atoms with Crippen LogP contribution in [0.4, 0.5) is 0 Å². The Hall–Kier alpha value is -1.36. The molecule has 0 aliphatic heterocycles. The molecule has 19 heavy (non-hydrogen) atoms. The first kappa shape index (κ1) is 14.1. The summed E-state index contributed by atoms with van der Waals surface area (Å²) in [4.78, 5) is 23.2. The second-order valence-electron chi connectivity index (χ2n) is 5.26. The molecule has 0 saturated heterocycles. The molecule has 1 saturated carbocycles. The van der Waals surface area contributed by atoms with Gasteiger partial charge in [0.1, 0.15) is 0 Å². The molecular formula is C14H16BrNO3. The van der Waals surface area contributed by atoms with Gasteiger partial charge in [-0.1, -0.05) is 28.8 Å². The number of benzene rings is 1. The largest absolute Gasteiger partial charge is 0.478 e. The zero-order valence-electron chi connectivity index (χ0n) is 10.7. The number of carbonyl (C=O) groups excluding carboxylic acids is 1. The summed E-state index contributed by atoms with van der Waals surface area (Å²) in [5, 5.41) is 12.0. The lowest BCUT2D eigenvalue weighted by molar-refractivity contribution is 0.0697. The van der Waals surface area contributed by atoms with Crippen molar-refractivity contribution in [3.63, 3.8) is 0 Å². The van der Waals surface area contributed by atoms with E-state index in [4.69, 9.17) is 5.11 Å². The van der Waals surface area contributed by atoms with E-state index in [1.54, 1.807) is 6.07 Å². The van der Waals surface area contributed by atoms with Crippen molar-refractivity contribution in [1.82, 2.24) is 5.32 Å². The first-order valence-corrected chi connectivity index (χ1v) is 7.05. The highest BCUT2D eigenvalue weighted by molar-refractivity contribution is 9.10. The summed E-state index contributed by atoms with van der Waals surface area (Å²) in [6.07, 6.45) is 4.18. The van der Waals surface area contributed by atoms with Gasteiger partial charge in [0.05, 0.1) is 5.56 Å². The van der Waals surface area contributed by atoms with E-state index in [1.807, 2.05) is 6.92 Å². The SMILES string of the molecule is CC1(NC(=O)c2cc(Br)cc(C(=O)O)c2)CCCC1. The van der Waals surface area contributed by atoms with E-state index >= 15 is 0 Å². The molecule has 1 aliphatic rings. The van der Waals surface area contributed by atoms with Gasteiger partial charge in [-0.15, -0.1) is 0 Å². The molecular weight excluding hydrogens is 310 g/mol. The van der Waals surface area contributed by atoms with Crippen molar-refractivity contribution in [3.8, 4) is 0 Å². The smallest absolute Gasteiger partial charge is 0.335 e. The first-order chi connectivity index (χ1) is 8.89. The monoisotopic (exact) mass is 325 g/mol. The summed E-state index contributed by atoms with van der Waals surface area (Å²) in [5.41, 5.74) is 0.319. The number of rotatable bonds is 3. The minimum absolute atomic E-state index is 0.108. The average Bonchev–Trinajstić information content (AvgIpc) is 2.74. The molecule has 1 aromatic rings. The Kier molecular flexibility index (Phi) is 3.94. The molecule has 2 N–H and O–H groups in total. The van der Waals surface area contributed by atoms with Crippen molar-refractivity contribution in [3.05, 3.63) is 33.8 Å². The standard InChI is InChI=1S/C14H16BrNO3/c1-14(4-2-3-5-14)16-12(17)9-6-10(13(18)19)8-11(15)7-9/h6-8H,2-5H2,1H3,(H,16,17)(H,18,19). The Bertz CT molecular complexity index is 521. The predicted molar refractivity (Wildman–Crippen MR) is 75.4 cm³/mol. The fourth-order valence-electron chi connectivity index (χ4n) is 2.47. The van der Waals surface area contributed by atoms with Gasteiger partial charge in [0, 0.05) is 15.6 Å². The molecule has 1 fully saturated rings. The maximum absolute atomic E-state index is 12.2. The molecule has 1 aromatic carbocycles. The summed E-state index contributed by atoms with van der Waals surface area (Å²) in [5.74, 6) is -1.25. The molecule has 0 aromatic heterocycles. The van der Waals surface area contributed by atoms with E-state index in [-0.39, 0.29) is 17.0 Å². The maximum atomic E-state index is 12.2. The van der Waals surface area contributed by atoms with Gasteiger partial charge in [-0.05, 0) is 38.0 Å². The van der Waals surface area contributed by atoms with E-state index < -0.39 is 5.97 Å². The van der Waals surface area contributed by atoms with Crippen LogP contribution in [-0.2, 0) is 0 Å². The van der Waals surface area contributed by atoms with Crippen LogP contribution in [0.15, 0.2) is 22.7 Å². The van der Waals surface area contributed by atoms with Crippen LogP contribution < -0.4 is 5.32 Å². The Balaban J connectivity index is 2.21. The van der Waals surface area contributed by atoms with E-state index in [0.29, 0.717) is 10.0 Å². The molecule has 1 aliphatic carbocycles. The number of aromatic carboxylic acids is 1. The number of hydrogen-bond donors (Lipinski definition) is 2. The number of halogens is 1. The molecule has 2 rings (SSSR count). The van der Waals surface area contributed by atoms with Gasteiger partial charge in [-0.3, -0.25) is 4.79 Å². The van der Waals surface area contributed by atoms with Crippen LogP contribution in [0.1, 0.15) is 53.3 Å². The molecule has 5 heteroatoms. The Morgan fingerprint density at radius 1 is 1.21 bits per heavy atom. The van der Waals surface area contributed by atoms with E-state index in [9.17, 15) is 9.59 Å². The molecule has 4 nitrogen and oxygen atoms in total. The van der Waals surface area contributed by atoms with Crippen LogP contribution in [0, 0.1) is 0 Å². The van der Waals surface area contributed by atoms with Gasteiger partial charge >= 0.3 is 5.97 Å². The average molecular weight is 326 g/mol. The summed E-state index contributed by atoms with van der Waals surface area (Å²) in [6, 6.07) is 4.53. The lowest BCUT2D eigenvalue weighted by Crippen LogP contribution is -2.43. The zero-order valence-corrected chi connectivity index (χ0v) is 12.3. The second-order valence-corrected chi connectivity index (χ2v) is 6.17. The zero-order chi connectivity index (χ0) is 14.0. The normalized spacial score (nSPS) is 17.2. The highest BCUT2D eigenvalue weighted by Crippen LogP contribution is 2.29. The summed E-state index contributed by atoms with van der Waals surface area (Å²) >= 11 is 3.23. The lowest BCUT2D eigenvalue weighted by atomic mass is 9.99. The number of hydrogen-bond acceptors (Lipinski definition) is 2. The van der Waals surface area contributed by atoms with Crippen LogP contribution >= 0.6 is 15.9 Å². The first-order valence-electron chi connectivity index (χ1n) is 6.26. The van der Waals surface area contributed by atoms with Crippen molar-refractivity contribution in [1.29, 1.82) is 0 Å². The Labute approximate surface area is 120 Å². The van der Waals surface area contributed by atoms with Gasteiger partial charge in [-0.2, -0.15) is 0 Å². The number of nitrogens with one attached hydrogen (secondary N) is 1. The maximum Gasteiger partial charge on any atom is 0.335 e. The van der Waals surface area contributed by atoms with Gasteiger partial charge in [-0.25, -0.2) is 4.79 Å². The molecule has 0 spiro atoms. The second kappa shape index (κ2) is 5.33. The third-order valence-corrected chi connectivity index (χ3v) is 3.99. The van der Waals surface area contributed by atoms with Crippen molar-refractivity contribution in [2.45, 2.75) is 38.1 Å². The molecule has 102 valence electrons. The molecule has 0 bridgehead atoms. The molecule has 0 heterocycles.